The molecule has 3 atom stereocenters. The zero-order valence-corrected chi connectivity index (χ0v) is 12.4. The van der Waals surface area contributed by atoms with Crippen molar-refractivity contribution in [1.29, 1.82) is 0 Å². The van der Waals surface area contributed by atoms with Crippen LogP contribution >= 0.6 is 0 Å². The minimum absolute atomic E-state index is 0.0394. The third-order valence-corrected chi connectivity index (χ3v) is 4.53. The van der Waals surface area contributed by atoms with Crippen molar-refractivity contribution in [3.05, 3.63) is 29.8 Å². The second-order valence-electron chi connectivity index (χ2n) is 6.58. The number of fused-ring (bicyclic) bond motifs is 1. The number of nitrogens with zero attached hydrogens (tertiary/aromatic N) is 1. The van der Waals surface area contributed by atoms with Gasteiger partial charge in [-0.3, -0.25) is 4.79 Å². The maximum Gasteiger partial charge on any atom is 0.245 e. The Hall–Kier alpha value is -1.51. The number of anilines is 1. The Balaban J connectivity index is 1.69. The highest BCUT2D eigenvalue weighted by molar-refractivity contribution is 5.85. The molecular weight excluding hydrogens is 248 g/mol. The molecule has 0 saturated carbocycles. The Labute approximate surface area is 121 Å². The summed E-state index contributed by atoms with van der Waals surface area (Å²) in [5.74, 6) is 1.54. The lowest BCUT2D eigenvalue weighted by Crippen LogP contribution is -2.49. The summed E-state index contributed by atoms with van der Waals surface area (Å²) >= 11 is 0. The SMILES string of the molecule is CC1CC(C)CN(C(=O)C2CCc3ccccc3N2)C1. The molecular formula is C17H24N2O. The van der Waals surface area contributed by atoms with Crippen LogP contribution in [0.1, 0.15) is 32.3 Å². The molecule has 1 aromatic carbocycles. The molecule has 0 aliphatic carbocycles. The number of amides is 1. The number of nitrogens with one attached hydrogen (secondary N) is 1. The zero-order valence-electron chi connectivity index (χ0n) is 12.4. The summed E-state index contributed by atoms with van der Waals surface area (Å²) in [7, 11) is 0. The molecule has 1 saturated heterocycles. The van der Waals surface area contributed by atoms with Crippen LogP contribution in [-0.4, -0.2) is 29.9 Å². The largest absolute Gasteiger partial charge is 0.373 e. The zero-order chi connectivity index (χ0) is 14.1. The first-order valence-electron chi connectivity index (χ1n) is 7.76. The smallest absolute Gasteiger partial charge is 0.245 e. The van der Waals surface area contributed by atoms with Crippen LogP contribution in [0.3, 0.4) is 0 Å². The Morgan fingerprint density at radius 2 is 1.90 bits per heavy atom. The normalized spacial score (nSPS) is 29.5. The van der Waals surface area contributed by atoms with Crippen LogP contribution in [0.15, 0.2) is 24.3 Å². The topological polar surface area (TPSA) is 32.3 Å². The Bertz CT molecular complexity index is 490. The molecule has 1 amide bonds. The number of carbonyl (C=O) groups is 1. The van der Waals surface area contributed by atoms with E-state index in [1.807, 2.05) is 6.07 Å². The third kappa shape index (κ3) is 2.67. The average molecular weight is 272 g/mol. The van der Waals surface area contributed by atoms with Gasteiger partial charge in [0.25, 0.3) is 0 Å². The van der Waals surface area contributed by atoms with E-state index in [9.17, 15) is 4.79 Å². The van der Waals surface area contributed by atoms with Gasteiger partial charge in [-0.25, -0.2) is 0 Å². The summed E-state index contributed by atoms with van der Waals surface area (Å²) in [6.45, 7) is 6.34. The van der Waals surface area contributed by atoms with Gasteiger partial charge in [0.05, 0.1) is 0 Å². The lowest BCUT2D eigenvalue weighted by Gasteiger charge is -2.38. The van der Waals surface area contributed by atoms with E-state index >= 15 is 0 Å². The van der Waals surface area contributed by atoms with Gasteiger partial charge in [0.15, 0.2) is 0 Å². The average Bonchev–Trinajstić information content (AvgIpc) is 2.45. The second-order valence-corrected chi connectivity index (χ2v) is 6.58. The molecule has 1 fully saturated rings. The predicted octanol–water partition coefficient (Wildman–Crippen LogP) is 2.92. The first-order chi connectivity index (χ1) is 9.63. The highest BCUT2D eigenvalue weighted by atomic mass is 16.2. The molecule has 3 nitrogen and oxygen atoms in total. The molecule has 0 radical (unpaired) electrons. The number of likely N-dealkylation sites (tertiary alicyclic amines) is 1. The van der Waals surface area contributed by atoms with E-state index in [2.05, 4.69) is 42.3 Å². The van der Waals surface area contributed by atoms with E-state index < -0.39 is 0 Å². The summed E-state index contributed by atoms with van der Waals surface area (Å²) < 4.78 is 0. The molecule has 0 spiro atoms. The fraction of sp³-hybridized carbons (Fsp3) is 0.588. The maximum atomic E-state index is 12.7. The van der Waals surface area contributed by atoms with Gasteiger partial charge in [0.2, 0.25) is 5.91 Å². The summed E-state index contributed by atoms with van der Waals surface area (Å²) in [5.41, 5.74) is 2.46. The number of aryl methyl sites for hydroxylation is 1. The van der Waals surface area contributed by atoms with Crippen LogP contribution in [0.2, 0.25) is 0 Å². The van der Waals surface area contributed by atoms with Crippen LogP contribution < -0.4 is 5.32 Å². The van der Waals surface area contributed by atoms with Gasteiger partial charge in [0.1, 0.15) is 6.04 Å². The molecule has 2 aliphatic heterocycles. The van der Waals surface area contributed by atoms with E-state index in [1.54, 1.807) is 0 Å². The van der Waals surface area contributed by atoms with Crippen molar-refractivity contribution < 1.29 is 4.79 Å². The van der Waals surface area contributed by atoms with Gasteiger partial charge in [0, 0.05) is 18.8 Å². The molecule has 1 aromatic rings. The van der Waals surface area contributed by atoms with Gasteiger partial charge >= 0.3 is 0 Å². The second kappa shape index (κ2) is 5.47. The number of piperidine rings is 1. The van der Waals surface area contributed by atoms with Crippen molar-refractivity contribution >= 4 is 11.6 Å². The monoisotopic (exact) mass is 272 g/mol. The van der Waals surface area contributed by atoms with Crippen molar-refractivity contribution in [3.8, 4) is 0 Å². The van der Waals surface area contributed by atoms with Crippen LogP contribution in [-0.2, 0) is 11.2 Å². The van der Waals surface area contributed by atoms with Crippen LogP contribution in [0.5, 0.6) is 0 Å². The van der Waals surface area contributed by atoms with Gasteiger partial charge in [-0.2, -0.15) is 0 Å². The molecule has 2 heterocycles. The minimum atomic E-state index is -0.0394. The molecule has 0 bridgehead atoms. The summed E-state index contributed by atoms with van der Waals surface area (Å²) in [6, 6.07) is 8.28. The highest BCUT2D eigenvalue weighted by Gasteiger charge is 2.31. The van der Waals surface area contributed by atoms with Gasteiger partial charge in [-0.1, -0.05) is 32.0 Å². The van der Waals surface area contributed by atoms with Crippen LogP contribution in [0, 0.1) is 11.8 Å². The number of rotatable bonds is 1. The van der Waals surface area contributed by atoms with E-state index in [1.165, 1.54) is 12.0 Å². The predicted molar refractivity (Wildman–Crippen MR) is 81.7 cm³/mol. The van der Waals surface area contributed by atoms with Gasteiger partial charge in [-0.05, 0) is 42.7 Å². The number of hydrogen-bond donors (Lipinski definition) is 1. The first-order valence-corrected chi connectivity index (χ1v) is 7.76. The van der Waals surface area contributed by atoms with Crippen LogP contribution in [0.25, 0.3) is 0 Å². The quantitative estimate of drug-likeness (QED) is 0.852. The summed E-state index contributed by atoms with van der Waals surface area (Å²) in [6.07, 6.45) is 3.15. The Kier molecular flexibility index (Phi) is 3.68. The number of benzene rings is 1. The van der Waals surface area contributed by atoms with E-state index in [-0.39, 0.29) is 11.9 Å². The van der Waals surface area contributed by atoms with Crippen molar-refractivity contribution in [3.63, 3.8) is 0 Å². The third-order valence-electron chi connectivity index (χ3n) is 4.53. The Morgan fingerprint density at radius 3 is 2.65 bits per heavy atom. The van der Waals surface area contributed by atoms with E-state index in [0.717, 1.165) is 31.6 Å². The molecule has 1 N–H and O–H groups in total. The number of para-hydroxylation sites is 1. The van der Waals surface area contributed by atoms with E-state index in [0.29, 0.717) is 11.8 Å². The maximum absolute atomic E-state index is 12.7. The molecule has 20 heavy (non-hydrogen) atoms. The number of carbonyl (C=O) groups excluding carboxylic acids is 1. The lowest BCUT2D eigenvalue weighted by molar-refractivity contribution is -0.134. The standard InChI is InChI=1S/C17H24N2O/c1-12-9-13(2)11-19(10-12)17(20)16-8-7-14-5-3-4-6-15(14)18-16/h3-6,12-13,16,18H,7-11H2,1-2H3. The summed E-state index contributed by atoms with van der Waals surface area (Å²) in [5, 5.41) is 3.43. The lowest BCUT2D eigenvalue weighted by atomic mass is 9.90. The highest BCUT2D eigenvalue weighted by Crippen LogP contribution is 2.27. The molecule has 108 valence electrons. The van der Waals surface area contributed by atoms with Gasteiger partial charge < -0.3 is 10.2 Å². The fourth-order valence-electron chi connectivity index (χ4n) is 3.69. The van der Waals surface area contributed by atoms with E-state index in [4.69, 9.17) is 0 Å². The van der Waals surface area contributed by atoms with Gasteiger partial charge in [-0.15, -0.1) is 0 Å². The molecule has 3 heteroatoms. The molecule has 3 rings (SSSR count). The molecule has 0 aromatic heterocycles. The first kappa shape index (κ1) is 13.5. The molecule has 3 unspecified atom stereocenters. The van der Waals surface area contributed by atoms with Crippen molar-refractivity contribution in [2.75, 3.05) is 18.4 Å². The van der Waals surface area contributed by atoms with Crippen molar-refractivity contribution in [1.82, 2.24) is 4.90 Å². The summed E-state index contributed by atoms with van der Waals surface area (Å²) in [4.78, 5) is 14.8. The van der Waals surface area contributed by atoms with Crippen LogP contribution in [0.4, 0.5) is 5.69 Å². The molecule has 2 aliphatic rings. The van der Waals surface area contributed by atoms with Crippen molar-refractivity contribution in [2.24, 2.45) is 11.8 Å². The Morgan fingerprint density at radius 1 is 1.20 bits per heavy atom. The number of hydrogen-bond acceptors (Lipinski definition) is 2. The minimum Gasteiger partial charge on any atom is -0.373 e. The van der Waals surface area contributed by atoms with Crippen molar-refractivity contribution in [2.45, 2.75) is 39.2 Å². The fourth-order valence-corrected chi connectivity index (χ4v) is 3.69.